The van der Waals surface area contributed by atoms with Gasteiger partial charge in [0.1, 0.15) is 5.76 Å². The maximum absolute atomic E-state index is 6.94. The highest BCUT2D eigenvalue weighted by atomic mass is 16.5. The summed E-state index contributed by atoms with van der Waals surface area (Å²) >= 11 is 0. The summed E-state index contributed by atoms with van der Waals surface area (Å²) in [5, 5.41) is 6.94. The predicted molar refractivity (Wildman–Crippen MR) is 43.3 cm³/mol. The van der Waals surface area contributed by atoms with Gasteiger partial charge in [0.05, 0.1) is 7.11 Å². The van der Waals surface area contributed by atoms with E-state index >= 15 is 0 Å². The van der Waals surface area contributed by atoms with Gasteiger partial charge in [-0.05, 0) is 18.1 Å². The maximum Gasteiger partial charge on any atom is 0.112 e. The van der Waals surface area contributed by atoms with Crippen LogP contribution in [-0.4, -0.2) is 13.3 Å². The van der Waals surface area contributed by atoms with Crippen LogP contribution in [0.2, 0.25) is 0 Å². The zero-order valence-electron chi connectivity index (χ0n) is 6.48. The Hall–Kier alpha value is -1.05. The summed E-state index contributed by atoms with van der Waals surface area (Å²) in [6.07, 6.45) is 3.91. The van der Waals surface area contributed by atoms with E-state index in [1.54, 1.807) is 13.2 Å². The van der Waals surface area contributed by atoms with Gasteiger partial charge in [0.25, 0.3) is 0 Å². The van der Waals surface area contributed by atoms with Crippen LogP contribution in [0.25, 0.3) is 0 Å². The molecule has 0 heterocycles. The molecule has 10 heavy (non-hydrogen) atoms. The molecule has 0 rings (SSSR count). The molecule has 2 nitrogen and oxygen atoms in total. The van der Waals surface area contributed by atoms with E-state index in [2.05, 4.69) is 6.58 Å². The fourth-order valence-corrected chi connectivity index (χ4v) is 0.511. The van der Waals surface area contributed by atoms with Crippen LogP contribution in [-0.2, 0) is 4.74 Å². The molecule has 0 spiro atoms. The molecule has 0 radical (unpaired) electrons. The Balaban J connectivity index is 4.09. The maximum atomic E-state index is 6.94. The van der Waals surface area contributed by atoms with Crippen molar-refractivity contribution in [2.24, 2.45) is 0 Å². The highest BCUT2D eigenvalue weighted by Gasteiger charge is 1.89. The van der Waals surface area contributed by atoms with Crippen molar-refractivity contribution in [2.75, 3.05) is 7.11 Å². The van der Waals surface area contributed by atoms with Gasteiger partial charge >= 0.3 is 0 Å². The quantitative estimate of drug-likeness (QED) is 0.361. The number of hydrogen-bond acceptors (Lipinski definition) is 2. The average Bonchev–Trinajstić information content (AvgIpc) is 1.99. The smallest absolute Gasteiger partial charge is 0.112 e. The first-order chi connectivity index (χ1) is 4.74. The fraction of sp³-hybridized carbons (Fsp3) is 0.375. The summed E-state index contributed by atoms with van der Waals surface area (Å²) in [4.78, 5) is 0. The molecule has 0 bridgehead atoms. The summed E-state index contributed by atoms with van der Waals surface area (Å²) in [5.74, 6) is 0.598. The van der Waals surface area contributed by atoms with Gasteiger partial charge in [-0.25, -0.2) is 0 Å². The number of allylic oxidation sites excluding steroid dienone is 2. The monoisotopic (exact) mass is 139 g/mol. The summed E-state index contributed by atoms with van der Waals surface area (Å²) in [7, 11) is 1.57. The Morgan fingerprint density at radius 2 is 2.30 bits per heavy atom. The summed E-state index contributed by atoms with van der Waals surface area (Å²) in [6, 6.07) is 0. The average molecular weight is 139 g/mol. The van der Waals surface area contributed by atoms with E-state index in [0.29, 0.717) is 5.76 Å². The van der Waals surface area contributed by atoms with E-state index in [1.807, 2.05) is 6.92 Å². The second-order valence-corrected chi connectivity index (χ2v) is 1.89. The number of ether oxygens (including phenoxy) is 1. The fourth-order valence-electron chi connectivity index (χ4n) is 0.511. The lowest BCUT2D eigenvalue weighted by atomic mass is 10.2. The van der Waals surface area contributed by atoms with E-state index in [-0.39, 0.29) is 0 Å². The topological polar surface area (TPSA) is 33.1 Å². The zero-order valence-corrected chi connectivity index (χ0v) is 6.48. The van der Waals surface area contributed by atoms with E-state index in [1.165, 1.54) is 6.21 Å². The van der Waals surface area contributed by atoms with Gasteiger partial charge in [0, 0.05) is 6.21 Å². The van der Waals surface area contributed by atoms with E-state index in [4.69, 9.17) is 10.1 Å². The molecule has 0 aromatic heterocycles. The van der Waals surface area contributed by atoms with Crippen molar-refractivity contribution < 1.29 is 4.74 Å². The molecule has 0 atom stereocenters. The minimum Gasteiger partial charge on any atom is -0.497 e. The van der Waals surface area contributed by atoms with Crippen LogP contribution < -0.4 is 0 Å². The van der Waals surface area contributed by atoms with Gasteiger partial charge in [0.2, 0.25) is 0 Å². The van der Waals surface area contributed by atoms with Gasteiger partial charge in [-0.15, -0.1) is 0 Å². The largest absolute Gasteiger partial charge is 0.497 e. The van der Waals surface area contributed by atoms with Crippen molar-refractivity contribution in [1.29, 1.82) is 5.41 Å². The molecular weight excluding hydrogens is 126 g/mol. The number of nitrogens with one attached hydrogen (secondary N) is 1. The molecule has 0 amide bonds. The van der Waals surface area contributed by atoms with Crippen molar-refractivity contribution in [2.45, 2.75) is 13.3 Å². The molecule has 0 saturated heterocycles. The van der Waals surface area contributed by atoms with E-state index < -0.39 is 0 Å². The normalized spacial score (nSPS) is 10.8. The van der Waals surface area contributed by atoms with Crippen molar-refractivity contribution >= 4 is 6.21 Å². The van der Waals surface area contributed by atoms with Gasteiger partial charge < -0.3 is 10.1 Å². The molecule has 0 aliphatic heterocycles. The van der Waals surface area contributed by atoms with Crippen LogP contribution in [0.1, 0.15) is 13.3 Å². The lowest BCUT2D eigenvalue weighted by molar-refractivity contribution is 0.308. The molecule has 1 N–H and O–H groups in total. The molecule has 2 heteroatoms. The van der Waals surface area contributed by atoms with Crippen molar-refractivity contribution in [3.63, 3.8) is 0 Å². The lowest BCUT2D eigenvalue weighted by Gasteiger charge is -1.98. The van der Waals surface area contributed by atoms with Gasteiger partial charge in [-0.1, -0.05) is 13.5 Å². The Morgan fingerprint density at radius 1 is 1.70 bits per heavy atom. The van der Waals surface area contributed by atoms with Crippen LogP contribution in [0.15, 0.2) is 24.0 Å². The number of methoxy groups -OCH3 is 1. The van der Waals surface area contributed by atoms with Crippen LogP contribution in [0.3, 0.4) is 0 Å². The van der Waals surface area contributed by atoms with Crippen LogP contribution in [0.4, 0.5) is 0 Å². The molecule has 0 saturated carbocycles. The Kier molecular flexibility index (Phi) is 4.29. The van der Waals surface area contributed by atoms with Crippen LogP contribution in [0, 0.1) is 5.41 Å². The van der Waals surface area contributed by atoms with Gasteiger partial charge in [-0.2, -0.15) is 0 Å². The summed E-state index contributed by atoms with van der Waals surface area (Å²) in [5.41, 5.74) is 0.923. The highest BCUT2D eigenvalue weighted by Crippen LogP contribution is 2.01. The second-order valence-electron chi connectivity index (χ2n) is 1.89. The minimum absolute atomic E-state index is 0.598. The first-order valence-corrected chi connectivity index (χ1v) is 3.18. The molecule has 0 aromatic rings. The zero-order chi connectivity index (χ0) is 7.98. The lowest BCUT2D eigenvalue weighted by Crippen LogP contribution is -1.85. The number of hydrogen-bond donors (Lipinski definition) is 1. The van der Waals surface area contributed by atoms with E-state index in [9.17, 15) is 0 Å². The molecular formula is C8H13NO. The van der Waals surface area contributed by atoms with Crippen LogP contribution >= 0.6 is 0 Å². The summed E-state index contributed by atoms with van der Waals surface area (Å²) < 4.78 is 4.81. The minimum atomic E-state index is 0.598. The van der Waals surface area contributed by atoms with Gasteiger partial charge in [0.15, 0.2) is 0 Å². The van der Waals surface area contributed by atoms with Crippen LogP contribution in [0.5, 0.6) is 0 Å². The summed E-state index contributed by atoms with van der Waals surface area (Å²) in [6.45, 7) is 5.59. The molecule has 0 unspecified atom stereocenters. The van der Waals surface area contributed by atoms with Crippen molar-refractivity contribution in [3.05, 3.63) is 24.0 Å². The molecule has 0 aliphatic carbocycles. The SMILES string of the molecule is C=C(/C=C(/C=N)CC)OC. The number of rotatable bonds is 4. The molecule has 0 fully saturated rings. The van der Waals surface area contributed by atoms with Crippen molar-refractivity contribution in [3.8, 4) is 0 Å². The Morgan fingerprint density at radius 3 is 2.60 bits per heavy atom. The highest BCUT2D eigenvalue weighted by molar-refractivity contribution is 5.76. The second kappa shape index (κ2) is 4.79. The first-order valence-electron chi connectivity index (χ1n) is 3.18. The Labute approximate surface area is 61.7 Å². The standard InChI is InChI=1S/C8H13NO/c1-4-8(6-9)5-7(2)10-3/h5-6,9H,2,4H2,1,3H3/b8-5+,9-6?. The third kappa shape index (κ3) is 3.07. The van der Waals surface area contributed by atoms with Gasteiger partial charge in [-0.3, -0.25) is 0 Å². The first kappa shape index (κ1) is 8.95. The molecule has 0 aromatic carbocycles. The Bertz CT molecular complexity index is 159. The van der Waals surface area contributed by atoms with Crippen molar-refractivity contribution in [1.82, 2.24) is 0 Å². The third-order valence-corrected chi connectivity index (χ3v) is 1.20. The van der Waals surface area contributed by atoms with E-state index in [0.717, 1.165) is 12.0 Å². The third-order valence-electron chi connectivity index (χ3n) is 1.20. The molecule has 56 valence electrons. The predicted octanol–water partition coefficient (Wildman–Crippen LogP) is 2.13. The molecule has 0 aliphatic rings.